The third kappa shape index (κ3) is 2.65. The molecule has 2 aromatic heterocycles. The van der Waals surface area contributed by atoms with Gasteiger partial charge in [0.15, 0.2) is 17.4 Å². The van der Waals surface area contributed by atoms with Crippen molar-refractivity contribution in [3.63, 3.8) is 0 Å². The Morgan fingerprint density at radius 3 is 2.78 bits per heavy atom. The number of aromatic nitrogens is 4. The zero-order chi connectivity index (χ0) is 16.7. The van der Waals surface area contributed by atoms with Crippen LogP contribution in [0.5, 0.6) is 0 Å². The van der Waals surface area contributed by atoms with Crippen molar-refractivity contribution >= 4 is 16.9 Å². The molecule has 23 heavy (non-hydrogen) atoms. The van der Waals surface area contributed by atoms with E-state index in [2.05, 4.69) is 15.0 Å². The number of carbonyl (C=O) groups is 1. The standard InChI is InChI=1S/C13H16N4O6/c1-5(19)2-7-15-11-8(12(22)16-7)14-4-17(11)13-10(21)9(20)6(3-18)23-13/h4,6,9-10,13,18,20-21H,2-3H2,1H3,(H,15,16,22). The molecule has 0 amide bonds. The molecule has 0 spiro atoms. The summed E-state index contributed by atoms with van der Waals surface area (Å²) in [6.45, 7) is 0.901. The number of rotatable bonds is 4. The highest BCUT2D eigenvalue weighted by Crippen LogP contribution is 2.30. The van der Waals surface area contributed by atoms with Gasteiger partial charge in [-0.15, -0.1) is 0 Å². The molecule has 4 N–H and O–H groups in total. The maximum Gasteiger partial charge on any atom is 0.279 e. The van der Waals surface area contributed by atoms with Crippen LogP contribution < -0.4 is 5.56 Å². The predicted octanol–water partition coefficient (Wildman–Crippen LogP) is -2.14. The molecule has 0 aliphatic carbocycles. The fourth-order valence-electron chi connectivity index (χ4n) is 2.59. The second kappa shape index (κ2) is 5.81. The number of hydrogen-bond acceptors (Lipinski definition) is 8. The van der Waals surface area contributed by atoms with Gasteiger partial charge >= 0.3 is 0 Å². The molecule has 1 saturated heterocycles. The highest BCUT2D eigenvalue weighted by molar-refractivity contribution is 5.78. The first-order chi connectivity index (χ1) is 10.9. The SMILES string of the molecule is CC(=O)Cc1nc2c(ncn2C2OC(CO)C(O)C2O)c(=O)[nH]1. The lowest BCUT2D eigenvalue weighted by molar-refractivity contribution is -0.116. The zero-order valence-electron chi connectivity index (χ0n) is 12.2. The van der Waals surface area contributed by atoms with E-state index < -0.39 is 36.7 Å². The molecule has 0 aromatic carbocycles. The molecule has 2 aromatic rings. The van der Waals surface area contributed by atoms with Crippen molar-refractivity contribution in [3.8, 4) is 0 Å². The van der Waals surface area contributed by atoms with Crippen LogP contribution in [0.1, 0.15) is 19.0 Å². The maximum absolute atomic E-state index is 12.0. The van der Waals surface area contributed by atoms with Crippen molar-refractivity contribution in [2.45, 2.75) is 37.9 Å². The quantitative estimate of drug-likeness (QED) is 0.497. The maximum atomic E-state index is 12.0. The fourth-order valence-corrected chi connectivity index (χ4v) is 2.59. The molecule has 3 rings (SSSR count). The van der Waals surface area contributed by atoms with Gasteiger partial charge in [-0.2, -0.15) is 0 Å². The van der Waals surface area contributed by atoms with E-state index in [0.717, 1.165) is 0 Å². The van der Waals surface area contributed by atoms with Crippen molar-refractivity contribution in [1.29, 1.82) is 0 Å². The third-order valence-electron chi connectivity index (χ3n) is 3.69. The molecule has 1 aliphatic heterocycles. The van der Waals surface area contributed by atoms with Crippen LogP contribution >= 0.6 is 0 Å². The highest BCUT2D eigenvalue weighted by atomic mass is 16.6. The first kappa shape index (κ1) is 15.7. The Kier molecular flexibility index (Phi) is 3.98. The van der Waals surface area contributed by atoms with E-state index in [-0.39, 0.29) is 29.2 Å². The minimum Gasteiger partial charge on any atom is -0.394 e. The largest absolute Gasteiger partial charge is 0.394 e. The average molecular weight is 324 g/mol. The Morgan fingerprint density at radius 2 is 2.17 bits per heavy atom. The van der Waals surface area contributed by atoms with E-state index in [1.54, 1.807) is 0 Å². The second-order valence-corrected chi connectivity index (χ2v) is 5.44. The average Bonchev–Trinajstić information content (AvgIpc) is 3.01. The molecule has 0 bridgehead atoms. The van der Waals surface area contributed by atoms with Crippen LogP contribution in [0.4, 0.5) is 0 Å². The summed E-state index contributed by atoms with van der Waals surface area (Å²) in [5.74, 6) is -0.00465. The fraction of sp³-hybridized carbons (Fsp3) is 0.538. The molecule has 124 valence electrons. The minimum absolute atomic E-state index is 0.0232. The van der Waals surface area contributed by atoms with Crippen molar-refractivity contribution in [2.75, 3.05) is 6.61 Å². The van der Waals surface area contributed by atoms with E-state index in [1.807, 2.05) is 0 Å². The first-order valence-corrected chi connectivity index (χ1v) is 7.00. The number of ether oxygens (including phenoxy) is 1. The summed E-state index contributed by atoms with van der Waals surface area (Å²) in [5.41, 5.74) is -0.369. The number of aliphatic hydroxyl groups is 3. The summed E-state index contributed by atoms with van der Waals surface area (Å²) in [6.07, 6.45) is -3.39. The number of hydrogen-bond donors (Lipinski definition) is 4. The summed E-state index contributed by atoms with van der Waals surface area (Å²) < 4.78 is 6.71. The predicted molar refractivity (Wildman–Crippen MR) is 75.5 cm³/mol. The molecule has 1 aliphatic rings. The summed E-state index contributed by atoms with van der Waals surface area (Å²) in [6, 6.07) is 0. The Hall–Kier alpha value is -2.14. The molecule has 0 radical (unpaired) electrons. The van der Waals surface area contributed by atoms with Crippen LogP contribution in [0.2, 0.25) is 0 Å². The number of carbonyl (C=O) groups excluding carboxylic acids is 1. The normalized spacial score (nSPS) is 27.7. The van der Waals surface area contributed by atoms with Crippen LogP contribution in [0.15, 0.2) is 11.1 Å². The number of nitrogens with zero attached hydrogens (tertiary/aromatic N) is 3. The van der Waals surface area contributed by atoms with E-state index in [0.29, 0.717) is 0 Å². The van der Waals surface area contributed by atoms with Crippen LogP contribution in [-0.2, 0) is 16.0 Å². The molecule has 4 unspecified atom stereocenters. The van der Waals surface area contributed by atoms with Crippen LogP contribution in [-0.4, -0.2) is 65.5 Å². The molecular weight excluding hydrogens is 308 g/mol. The molecule has 4 atom stereocenters. The number of aliphatic hydroxyl groups excluding tert-OH is 3. The smallest absolute Gasteiger partial charge is 0.279 e. The number of fused-ring (bicyclic) bond motifs is 1. The van der Waals surface area contributed by atoms with Gasteiger partial charge in [-0.05, 0) is 6.92 Å². The number of nitrogens with one attached hydrogen (secondary N) is 1. The second-order valence-electron chi connectivity index (χ2n) is 5.44. The van der Waals surface area contributed by atoms with Gasteiger partial charge in [-0.1, -0.05) is 0 Å². The van der Waals surface area contributed by atoms with Crippen LogP contribution in [0, 0.1) is 0 Å². The molecule has 3 heterocycles. The van der Waals surface area contributed by atoms with Gasteiger partial charge in [-0.25, -0.2) is 9.97 Å². The number of ketones is 1. The topological polar surface area (TPSA) is 151 Å². The number of Topliss-reactive ketones (excluding diaryl/α,β-unsaturated/α-hetero) is 1. The lowest BCUT2D eigenvalue weighted by atomic mass is 10.1. The molecule has 0 saturated carbocycles. The van der Waals surface area contributed by atoms with Crippen molar-refractivity contribution in [3.05, 3.63) is 22.5 Å². The van der Waals surface area contributed by atoms with Gasteiger partial charge in [0, 0.05) is 0 Å². The first-order valence-electron chi connectivity index (χ1n) is 7.00. The molecule has 10 nitrogen and oxygen atoms in total. The number of aromatic amines is 1. The zero-order valence-corrected chi connectivity index (χ0v) is 12.2. The molecular formula is C13H16N4O6. The van der Waals surface area contributed by atoms with Gasteiger partial charge in [0.25, 0.3) is 5.56 Å². The van der Waals surface area contributed by atoms with E-state index in [9.17, 15) is 19.8 Å². The van der Waals surface area contributed by atoms with Gasteiger partial charge in [0.2, 0.25) is 0 Å². The summed E-state index contributed by atoms with van der Waals surface area (Å²) in [7, 11) is 0. The van der Waals surface area contributed by atoms with E-state index >= 15 is 0 Å². The van der Waals surface area contributed by atoms with Crippen LogP contribution in [0.3, 0.4) is 0 Å². The van der Waals surface area contributed by atoms with Crippen LogP contribution in [0.25, 0.3) is 11.2 Å². The van der Waals surface area contributed by atoms with Gasteiger partial charge < -0.3 is 25.0 Å². The van der Waals surface area contributed by atoms with Crippen molar-refractivity contribution < 1.29 is 24.9 Å². The summed E-state index contributed by atoms with van der Waals surface area (Å²) in [4.78, 5) is 33.8. The Labute approximate surface area is 129 Å². The van der Waals surface area contributed by atoms with Gasteiger partial charge in [0.05, 0.1) is 19.4 Å². The van der Waals surface area contributed by atoms with Crippen molar-refractivity contribution in [2.24, 2.45) is 0 Å². The van der Waals surface area contributed by atoms with Gasteiger partial charge in [-0.3, -0.25) is 14.2 Å². The Bertz CT molecular complexity index is 799. The highest BCUT2D eigenvalue weighted by Gasteiger charge is 2.44. The van der Waals surface area contributed by atoms with E-state index in [1.165, 1.54) is 17.8 Å². The monoisotopic (exact) mass is 324 g/mol. The number of imidazole rings is 1. The third-order valence-corrected chi connectivity index (χ3v) is 3.69. The molecule has 10 heteroatoms. The minimum atomic E-state index is -1.32. The Balaban J connectivity index is 2.06. The molecule has 1 fully saturated rings. The van der Waals surface area contributed by atoms with Crippen molar-refractivity contribution in [1.82, 2.24) is 19.5 Å². The Morgan fingerprint density at radius 1 is 1.43 bits per heavy atom. The summed E-state index contributed by atoms with van der Waals surface area (Å²) >= 11 is 0. The lowest BCUT2D eigenvalue weighted by Gasteiger charge is -2.16. The van der Waals surface area contributed by atoms with Gasteiger partial charge in [0.1, 0.15) is 29.9 Å². The summed E-state index contributed by atoms with van der Waals surface area (Å²) in [5, 5.41) is 29.0. The lowest BCUT2D eigenvalue weighted by Crippen LogP contribution is -2.33. The van der Waals surface area contributed by atoms with E-state index in [4.69, 9.17) is 9.84 Å². The number of H-pyrrole nitrogens is 1.